The summed E-state index contributed by atoms with van der Waals surface area (Å²) in [7, 11) is 0. The summed E-state index contributed by atoms with van der Waals surface area (Å²) in [5.74, 6) is 0. The second-order valence-corrected chi connectivity index (χ2v) is 3.84. The number of nitrogens with one attached hydrogen (secondary N) is 1. The zero-order valence-corrected chi connectivity index (χ0v) is 9.59. The van der Waals surface area contributed by atoms with Crippen molar-refractivity contribution in [1.29, 1.82) is 0 Å². The van der Waals surface area contributed by atoms with Gasteiger partial charge in [0.15, 0.2) is 0 Å². The van der Waals surface area contributed by atoms with Crippen LogP contribution in [0.5, 0.6) is 0 Å². The molecular weight excluding hydrogens is 231 g/mol. The standard InChI is InChI=1S/C12H16F3NO/c1-2-6-16-8-11(17)9-4-3-5-10(7-9)12(13,14)15/h3-5,7,11,16-17H,2,6,8H2,1H3. The Balaban J connectivity index is 2.71. The van der Waals surface area contributed by atoms with E-state index in [2.05, 4.69) is 5.32 Å². The molecule has 1 aromatic carbocycles. The molecule has 0 fully saturated rings. The Morgan fingerprint density at radius 3 is 2.65 bits per heavy atom. The summed E-state index contributed by atoms with van der Waals surface area (Å²) >= 11 is 0. The summed E-state index contributed by atoms with van der Waals surface area (Å²) in [6.07, 6.45) is -4.37. The molecule has 1 rings (SSSR count). The average Bonchev–Trinajstić information content (AvgIpc) is 2.28. The molecule has 0 aliphatic carbocycles. The normalized spacial score (nSPS) is 13.7. The summed E-state index contributed by atoms with van der Waals surface area (Å²) < 4.78 is 37.3. The minimum absolute atomic E-state index is 0.259. The van der Waals surface area contributed by atoms with Crippen LogP contribution in [-0.2, 0) is 6.18 Å². The highest BCUT2D eigenvalue weighted by molar-refractivity contribution is 5.27. The van der Waals surface area contributed by atoms with E-state index in [4.69, 9.17) is 0 Å². The van der Waals surface area contributed by atoms with Gasteiger partial charge in [-0.25, -0.2) is 0 Å². The van der Waals surface area contributed by atoms with E-state index < -0.39 is 17.8 Å². The maximum Gasteiger partial charge on any atom is 0.416 e. The molecule has 0 aliphatic rings. The third kappa shape index (κ3) is 4.36. The molecule has 17 heavy (non-hydrogen) atoms. The molecule has 0 aromatic heterocycles. The minimum atomic E-state index is -4.37. The third-order valence-electron chi connectivity index (χ3n) is 2.36. The molecule has 0 radical (unpaired) electrons. The lowest BCUT2D eigenvalue weighted by Gasteiger charge is -2.14. The van der Waals surface area contributed by atoms with E-state index in [9.17, 15) is 18.3 Å². The van der Waals surface area contributed by atoms with Gasteiger partial charge in [-0.15, -0.1) is 0 Å². The molecule has 0 aliphatic heterocycles. The highest BCUT2D eigenvalue weighted by Gasteiger charge is 2.30. The molecule has 1 aromatic rings. The lowest BCUT2D eigenvalue weighted by Crippen LogP contribution is -2.22. The molecule has 0 saturated carbocycles. The number of aliphatic hydroxyl groups excluding tert-OH is 1. The molecule has 0 bridgehead atoms. The zero-order chi connectivity index (χ0) is 12.9. The summed E-state index contributed by atoms with van der Waals surface area (Å²) in [6, 6.07) is 4.78. The van der Waals surface area contributed by atoms with Gasteiger partial charge >= 0.3 is 6.18 Å². The molecule has 0 saturated heterocycles. The van der Waals surface area contributed by atoms with Crippen molar-refractivity contribution >= 4 is 0 Å². The molecule has 0 spiro atoms. The summed E-state index contributed by atoms with van der Waals surface area (Å²) in [6.45, 7) is 2.97. The highest BCUT2D eigenvalue weighted by atomic mass is 19.4. The first-order chi connectivity index (χ1) is 7.95. The molecule has 5 heteroatoms. The second-order valence-electron chi connectivity index (χ2n) is 3.84. The third-order valence-corrected chi connectivity index (χ3v) is 2.36. The van der Waals surface area contributed by atoms with E-state index in [-0.39, 0.29) is 12.1 Å². The first-order valence-corrected chi connectivity index (χ1v) is 5.51. The molecule has 2 N–H and O–H groups in total. The lowest BCUT2D eigenvalue weighted by molar-refractivity contribution is -0.137. The highest BCUT2D eigenvalue weighted by Crippen LogP contribution is 2.30. The van der Waals surface area contributed by atoms with E-state index in [1.54, 1.807) is 0 Å². The van der Waals surface area contributed by atoms with Crippen LogP contribution in [0.4, 0.5) is 13.2 Å². The summed E-state index contributed by atoms with van der Waals surface area (Å²) in [5, 5.41) is 12.7. The molecular formula is C12H16F3NO. The van der Waals surface area contributed by atoms with Crippen LogP contribution in [0.3, 0.4) is 0 Å². The Morgan fingerprint density at radius 1 is 1.35 bits per heavy atom. The predicted octanol–water partition coefficient (Wildman–Crippen LogP) is 2.74. The Bertz CT molecular complexity index is 352. The van der Waals surface area contributed by atoms with Gasteiger partial charge < -0.3 is 10.4 Å². The van der Waals surface area contributed by atoms with Crippen LogP contribution in [0, 0.1) is 0 Å². The minimum Gasteiger partial charge on any atom is -0.387 e. The monoisotopic (exact) mass is 247 g/mol. The van der Waals surface area contributed by atoms with Gasteiger partial charge in [0.1, 0.15) is 0 Å². The molecule has 1 unspecified atom stereocenters. The Hall–Kier alpha value is -1.07. The van der Waals surface area contributed by atoms with Crippen molar-refractivity contribution in [2.75, 3.05) is 13.1 Å². The van der Waals surface area contributed by atoms with Gasteiger partial charge in [0.05, 0.1) is 11.7 Å². The van der Waals surface area contributed by atoms with Crippen LogP contribution in [0.15, 0.2) is 24.3 Å². The maximum absolute atomic E-state index is 12.4. The molecule has 2 nitrogen and oxygen atoms in total. The van der Waals surface area contributed by atoms with Gasteiger partial charge in [-0.2, -0.15) is 13.2 Å². The quantitative estimate of drug-likeness (QED) is 0.784. The van der Waals surface area contributed by atoms with Gasteiger partial charge in [0, 0.05) is 6.54 Å². The molecule has 0 amide bonds. The zero-order valence-electron chi connectivity index (χ0n) is 9.59. The van der Waals surface area contributed by atoms with E-state index in [0.717, 1.165) is 25.1 Å². The summed E-state index contributed by atoms with van der Waals surface area (Å²) in [4.78, 5) is 0. The van der Waals surface area contributed by atoms with Gasteiger partial charge in [-0.05, 0) is 30.7 Å². The van der Waals surface area contributed by atoms with Crippen molar-refractivity contribution in [3.63, 3.8) is 0 Å². The number of alkyl halides is 3. The van der Waals surface area contributed by atoms with E-state index in [1.165, 1.54) is 12.1 Å². The Morgan fingerprint density at radius 2 is 2.06 bits per heavy atom. The summed E-state index contributed by atoms with van der Waals surface area (Å²) in [5.41, 5.74) is -0.451. The number of rotatable bonds is 5. The van der Waals surface area contributed by atoms with Crippen LogP contribution < -0.4 is 5.32 Å². The number of hydrogen-bond donors (Lipinski definition) is 2. The van der Waals surface area contributed by atoms with Crippen molar-refractivity contribution in [3.8, 4) is 0 Å². The maximum atomic E-state index is 12.4. The van der Waals surface area contributed by atoms with Crippen LogP contribution in [0.25, 0.3) is 0 Å². The van der Waals surface area contributed by atoms with Crippen molar-refractivity contribution in [1.82, 2.24) is 5.32 Å². The van der Waals surface area contributed by atoms with E-state index in [1.807, 2.05) is 6.92 Å². The van der Waals surface area contributed by atoms with E-state index >= 15 is 0 Å². The topological polar surface area (TPSA) is 32.3 Å². The fraction of sp³-hybridized carbons (Fsp3) is 0.500. The average molecular weight is 247 g/mol. The largest absolute Gasteiger partial charge is 0.416 e. The Kier molecular flexibility index (Phi) is 4.96. The van der Waals surface area contributed by atoms with Crippen LogP contribution in [-0.4, -0.2) is 18.2 Å². The van der Waals surface area contributed by atoms with Crippen LogP contribution in [0.1, 0.15) is 30.6 Å². The number of benzene rings is 1. The number of aliphatic hydroxyl groups is 1. The van der Waals surface area contributed by atoms with Gasteiger partial charge in [-0.3, -0.25) is 0 Å². The smallest absolute Gasteiger partial charge is 0.387 e. The Labute approximate surface area is 98.5 Å². The van der Waals surface area contributed by atoms with Gasteiger partial charge in [-0.1, -0.05) is 19.1 Å². The van der Waals surface area contributed by atoms with E-state index in [0.29, 0.717) is 0 Å². The first kappa shape index (κ1) is 14.0. The second kappa shape index (κ2) is 6.02. The van der Waals surface area contributed by atoms with Gasteiger partial charge in [0.2, 0.25) is 0 Å². The molecule has 96 valence electrons. The number of hydrogen-bond acceptors (Lipinski definition) is 2. The fourth-order valence-corrected chi connectivity index (χ4v) is 1.46. The first-order valence-electron chi connectivity index (χ1n) is 5.51. The molecule has 1 atom stereocenters. The lowest BCUT2D eigenvalue weighted by atomic mass is 10.1. The predicted molar refractivity (Wildman–Crippen MR) is 59.6 cm³/mol. The van der Waals surface area contributed by atoms with Gasteiger partial charge in [0.25, 0.3) is 0 Å². The van der Waals surface area contributed by atoms with Crippen molar-refractivity contribution < 1.29 is 18.3 Å². The molecule has 0 heterocycles. The van der Waals surface area contributed by atoms with Crippen molar-refractivity contribution in [3.05, 3.63) is 35.4 Å². The number of halogens is 3. The fourth-order valence-electron chi connectivity index (χ4n) is 1.46. The van der Waals surface area contributed by atoms with Crippen LogP contribution >= 0.6 is 0 Å². The SMILES string of the molecule is CCCNCC(O)c1cccc(C(F)(F)F)c1. The van der Waals surface area contributed by atoms with Crippen molar-refractivity contribution in [2.45, 2.75) is 25.6 Å². The van der Waals surface area contributed by atoms with Crippen molar-refractivity contribution in [2.24, 2.45) is 0 Å². The van der Waals surface area contributed by atoms with Crippen LogP contribution in [0.2, 0.25) is 0 Å².